The Morgan fingerprint density at radius 3 is 2.78 bits per heavy atom. The van der Waals surface area contributed by atoms with Gasteiger partial charge in [0.05, 0.1) is 12.2 Å². The number of aromatic nitrogens is 1. The number of carbonyl (C=O) groups is 1. The molecule has 124 valence electrons. The van der Waals surface area contributed by atoms with Crippen LogP contribution >= 0.6 is 22.9 Å². The molecule has 0 aliphatic heterocycles. The molecule has 0 spiro atoms. The van der Waals surface area contributed by atoms with E-state index in [0.717, 1.165) is 4.88 Å². The maximum absolute atomic E-state index is 13.8. The number of hydrogen-bond donors (Lipinski definition) is 2. The van der Waals surface area contributed by atoms with Crippen molar-refractivity contribution in [3.05, 3.63) is 39.6 Å². The molecule has 0 radical (unpaired) electrons. The van der Waals surface area contributed by atoms with Crippen molar-refractivity contribution >= 4 is 40.4 Å². The van der Waals surface area contributed by atoms with Gasteiger partial charge in [0.1, 0.15) is 11.4 Å². The number of amides is 1. The van der Waals surface area contributed by atoms with Crippen LogP contribution in [0.1, 0.15) is 25.6 Å². The summed E-state index contributed by atoms with van der Waals surface area (Å²) in [7, 11) is 0. The lowest BCUT2D eigenvalue weighted by Gasteiger charge is -2.20. The Labute approximate surface area is 142 Å². The third-order valence-corrected chi connectivity index (χ3v) is 3.71. The van der Waals surface area contributed by atoms with Gasteiger partial charge in [-0.1, -0.05) is 11.6 Å². The zero-order valence-electron chi connectivity index (χ0n) is 12.9. The molecule has 2 aromatic rings. The molecule has 0 unspecified atom stereocenters. The fourth-order valence-electron chi connectivity index (χ4n) is 1.70. The minimum absolute atomic E-state index is 0.0478. The molecule has 0 bridgehead atoms. The van der Waals surface area contributed by atoms with Crippen LogP contribution in [0.3, 0.4) is 0 Å². The molecule has 1 amide bonds. The summed E-state index contributed by atoms with van der Waals surface area (Å²) in [4.78, 5) is 16.6. The molecule has 0 aliphatic carbocycles. The van der Waals surface area contributed by atoms with E-state index in [0.29, 0.717) is 16.7 Å². The molecule has 0 saturated carbocycles. The maximum atomic E-state index is 13.8. The number of ether oxygens (including phenoxy) is 1. The predicted octanol–water partition coefficient (Wildman–Crippen LogP) is 4.89. The highest BCUT2D eigenvalue weighted by atomic mass is 35.5. The molecule has 0 aliphatic rings. The maximum Gasteiger partial charge on any atom is 0.412 e. The first-order valence-corrected chi connectivity index (χ1v) is 8.06. The molecule has 0 saturated heterocycles. The summed E-state index contributed by atoms with van der Waals surface area (Å²) < 4.78 is 19.4. The number of rotatable bonds is 4. The second-order valence-electron chi connectivity index (χ2n) is 5.75. The average Bonchev–Trinajstić information content (AvgIpc) is 2.83. The number of nitrogens with one attached hydrogen (secondary N) is 2. The standard InChI is InChI=1S/C15H17ClFN3O2S/c1-15(2,3)22-14(21)20-12-6-9(4-5-11(12)17)18-7-10-8-19-13(16)23-10/h4-6,8,18H,7H2,1-3H3,(H,20,21). The zero-order chi connectivity index (χ0) is 17.0. The molecule has 2 rings (SSSR count). The molecule has 1 aromatic carbocycles. The Bertz CT molecular complexity index is 700. The van der Waals surface area contributed by atoms with Gasteiger partial charge in [-0.15, -0.1) is 11.3 Å². The smallest absolute Gasteiger partial charge is 0.412 e. The van der Waals surface area contributed by atoms with Crippen molar-refractivity contribution in [2.45, 2.75) is 32.9 Å². The summed E-state index contributed by atoms with van der Waals surface area (Å²) in [6, 6.07) is 4.36. The molecule has 0 fully saturated rings. The number of halogens is 2. The Balaban J connectivity index is 2.02. The fourth-order valence-corrected chi connectivity index (χ4v) is 2.62. The number of hydrogen-bond acceptors (Lipinski definition) is 5. The van der Waals surface area contributed by atoms with E-state index in [1.54, 1.807) is 33.0 Å². The number of anilines is 2. The van der Waals surface area contributed by atoms with Crippen molar-refractivity contribution in [3.63, 3.8) is 0 Å². The van der Waals surface area contributed by atoms with E-state index in [9.17, 15) is 9.18 Å². The third kappa shape index (κ3) is 5.69. The van der Waals surface area contributed by atoms with Crippen LogP contribution in [0.5, 0.6) is 0 Å². The monoisotopic (exact) mass is 357 g/mol. The molecule has 5 nitrogen and oxygen atoms in total. The topological polar surface area (TPSA) is 63.2 Å². The van der Waals surface area contributed by atoms with E-state index in [4.69, 9.17) is 16.3 Å². The van der Waals surface area contributed by atoms with Crippen molar-refractivity contribution in [1.29, 1.82) is 0 Å². The summed E-state index contributed by atoms with van der Waals surface area (Å²) in [5.74, 6) is -0.540. The van der Waals surface area contributed by atoms with Crippen LogP contribution in [0, 0.1) is 5.82 Å². The molecular weight excluding hydrogens is 341 g/mol. The van der Waals surface area contributed by atoms with Crippen LogP contribution in [-0.4, -0.2) is 16.7 Å². The number of carbonyl (C=O) groups excluding carboxylic acids is 1. The van der Waals surface area contributed by atoms with Gasteiger partial charge in [-0.3, -0.25) is 5.32 Å². The normalized spacial score (nSPS) is 11.2. The van der Waals surface area contributed by atoms with Crippen molar-refractivity contribution in [3.8, 4) is 0 Å². The Morgan fingerprint density at radius 1 is 1.43 bits per heavy atom. The Kier molecular flexibility index (Phi) is 5.43. The second-order valence-corrected chi connectivity index (χ2v) is 7.45. The van der Waals surface area contributed by atoms with Gasteiger partial charge in [0, 0.05) is 16.8 Å². The van der Waals surface area contributed by atoms with Gasteiger partial charge < -0.3 is 10.1 Å². The van der Waals surface area contributed by atoms with Crippen molar-refractivity contribution in [1.82, 2.24) is 4.98 Å². The number of nitrogens with zero attached hydrogens (tertiary/aromatic N) is 1. The first kappa shape index (κ1) is 17.5. The highest BCUT2D eigenvalue weighted by molar-refractivity contribution is 7.15. The van der Waals surface area contributed by atoms with E-state index in [1.807, 2.05) is 0 Å². The summed E-state index contributed by atoms with van der Waals surface area (Å²) in [5, 5.41) is 5.52. The van der Waals surface area contributed by atoms with E-state index in [2.05, 4.69) is 15.6 Å². The van der Waals surface area contributed by atoms with Crippen LogP contribution in [0.15, 0.2) is 24.4 Å². The lowest BCUT2D eigenvalue weighted by Crippen LogP contribution is -2.27. The summed E-state index contributed by atoms with van der Waals surface area (Å²) in [6.45, 7) is 5.71. The molecule has 8 heteroatoms. The van der Waals surface area contributed by atoms with Crippen LogP contribution in [-0.2, 0) is 11.3 Å². The minimum atomic E-state index is -0.706. The van der Waals surface area contributed by atoms with E-state index in [1.165, 1.54) is 23.5 Å². The molecule has 1 heterocycles. The van der Waals surface area contributed by atoms with E-state index in [-0.39, 0.29) is 5.69 Å². The molecule has 2 N–H and O–H groups in total. The highest BCUT2D eigenvalue weighted by Gasteiger charge is 2.17. The summed E-state index contributed by atoms with van der Waals surface area (Å²) in [5.41, 5.74) is 0.0514. The molecular formula is C15H17ClFN3O2S. The first-order chi connectivity index (χ1) is 10.7. The van der Waals surface area contributed by atoms with Crippen LogP contribution in [0.2, 0.25) is 4.47 Å². The van der Waals surface area contributed by atoms with Crippen LogP contribution in [0.25, 0.3) is 0 Å². The summed E-state index contributed by atoms with van der Waals surface area (Å²) >= 11 is 7.13. The van der Waals surface area contributed by atoms with Crippen LogP contribution < -0.4 is 10.6 Å². The zero-order valence-corrected chi connectivity index (χ0v) is 14.5. The number of benzene rings is 1. The predicted molar refractivity (Wildman–Crippen MR) is 90.7 cm³/mol. The lowest BCUT2D eigenvalue weighted by molar-refractivity contribution is 0.0635. The van der Waals surface area contributed by atoms with Crippen molar-refractivity contribution < 1.29 is 13.9 Å². The van der Waals surface area contributed by atoms with E-state index >= 15 is 0 Å². The van der Waals surface area contributed by atoms with Gasteiger partial charge in [-0.2, -0.15) is 0 Å². The number of thiazole rings is 1. The average molecular weight is 358 g/mol. The Hall–Kier alpha value is -1.86. The van der Waals surface area contributed by atoms with Gasteiger partial charge in [-0.25, -0.2) is 14.2 Å². The van der Waals surface area contributed by atoms with E-state index < -0.39 is 17.5 Å². The largest absolute Gasteiger partial charge is 0.444 e. The Morgan fingerprint density at radius 2 is 2.17 bits per heavy atom. The highest BCUT2D eigenvalue weighted by Crippen LogP contribution is 2.23. The van der Waals surface area contributed by atoms with Crippen LogP contribution in [0.4, 0.5) is 20.6 Å². The minimum Gasteiger partial charge on any atom is -0.444 e. The third-order valence-electron chi connectivity index (χ3n) is 2.59. The van der Waals surface area contributed by atoms with Gasteiger partial charge >= 0.3 is 6.09 Å². The lowest BCUT2D eigenvalue weighted by atomic mass is 10.2. The van der Waals surface area contributed by atoms with Crippen molar-refractivity contribution in [2.75, 3.05) is 10.6 Å². The summed E-state index contributed by atoms with van der Waals surface area (Å²) in [6.07, 6.45) is 0.964. The SMILES string of the molecule is CC(C)(C)OC(=O)Nc1cc(NCc2cnc(Cl)s2)ccc1F. The molecule has 23 heavy (non-hydrogen) atoms. The molecule has 1 aromatic heterocycles. The molecule has 0 atom stereocenters. The van der Waals surface area contributed by atoms with Gasteiger partial charge in [-0.05, 0) is 39.0 Å². The first-order valence-electron chi connectivity index (χ1n) is 6.86. The fraction of sp³-hybridized carbons (Fsp3) is 0.333. The quantitative estimate of drug-likeness (QED) is 0.817. The van der Waals surface area contributed by atoms with Crippen molar-refractivity contribution in [2.24, 2.45) is 0 Å². The second kappa shape index (κ2) is 7.14. The van der Waals surface area contributed by atoms with Gasteiger partial charge in [0.15, 0.2) is 4.47 Å². The van der Waals surface area contributed by atoms with Gasteiger partial charge in [0.25, 0.3) is 0 Å². The van der Waals surface area contributed by atoms with Gasteiger partial charge in [0.2, 0.25) is 0 Å².